The number of hydrogen-bond donors (Lipinski definition) is 1. The Morgan fingerprint density at radius 1 is 1.09 bits per heavy atom. The third kappa shape index (κ3) is 3.42. The molecule has 6 rings (SSSR count). The van der Waals surface area contributed by atoms with E-state index in [4.69, 9.17) is 11.6 Å². The van der Waals surface area contributed by atoms with Crippen LogP contribution in [0.2, 0.25) is 5.02 Å². The Balaban J connectivity index is 1.39. The summed E-state index contributed by atoms with van der Waals surface area (Å²) in [5.41, 5.74) is 6.58. The standard InChI is InChI=1S/C25H20ClN5O/c26-18-6-9-20(17-4-5-17)21(12-18)22-13-24-23(14-27-22)29-25(32)30(24)15-16-2-7-19(8-3-16)31-11-1-10-28-31/h1-3,6-14,17H,4-5,15H2,(H,29,32). The van der Waals surface area contributed by atoms with Gasteiger partial charge in [0.15, 0.2) is 0 Å². The molecule has 0 bridgehead atoms. The number of pyridine rings is 1. The molecule has 0 amide bonds. The first-order valence-corrected chi connectivity index (χ1v) is 11.0. The predicted molar refractivity (Wildman–Crippen MR) is 125 cm³/mol. The highest BCUT2D eigenvalue weighted by molar-refractivity contribution is 6.30. The minimum absolute atomic E-state index is 0.149. The summed E-state index contributed by atoms with van der Waals surface area (Å²) >= 11 is 6.31. The van der Waals surface area contributed by atoms with Crippen molar-refractivity contribution in [1.82, 2.24) is 24.3 Å². The zero-order valence-electron chi connectivity index (χ0n) is 17.2. The number of nitrogens with one attached hydrogen (secondary N) is 1. The Morgan fingerprint density at radius 3 is 2.69 bits per heavy atom. The second-order valence-corrected chi connectivity index (χ2v) is 8.66. The van der Waals surface area contributed by atoms with Gasteiger partial charge in [-0.3, -0.25) is 9.55 Å². The van der Waals surface area contributed by atoms with Crippen LogP contribution in [-0.4, -0.2) is 24.3 Å². The molecule has 0 radical (unpaired) electrons. The van der Waals surface area contributed by atoms with Gasteiger partial charge in [0.1, 0.15) is 0 Å². The molecular weight excluding hydrogens is 422 g/mol. The number of H-pyrrole nitrogens is 1. The van der Waals surface area contributed by atoms with Crippen LogP contribution in [0.4, 0.5) is 0 Å². The number of nitrogens with zero attached hydrogens (tertiary/aromatic N) is 4. The van der Waals surface area contributed by atoms with Crippen molar-refractivity contribution in [3.05, 3.63) is 99.8 Å². The van der Waals surface area contributed by atoms with E-state index in [1.54, 1.807) is 17.0 Å². The lowest BCUT2D eigenvalue weighted by Gasteiger charge is -2.10. The van der Waals surface area contributed by atoms with Gasteiger partial charge in [-0.05, 0) is 66.3 Å². The molecule has 1 aliphatic carbocycles. The van der Waals surface area contributed by atoms with Gasteiger partial charge in [-0.25, -0.2) is 9.48 Å². The Morgan fingerprint density at radius 2 is 1.94 bits per heavy atom. The van der Waals surface area contributed by atoms with Crippen LogP contribution >= 0.6 is 11.6 Å². The topological polar surface area (TPSA) is 68.5 Å². The van der Waals surface area contributed by atoms with E-state index in [-0.39, 0.29) is 5.69 Å². The van der Waals surface area contributed by atoms with Gasteiger partial charge in [-0.15, -0.1) is 0 Å². The van der Waals surface area contributed by atoms with Crippen LogP contribution in [0.15, 0.2) is 78.0 Å². The predicted octanol–water partition coefficient (Wildman–Crippen LogP) is 5.16. The highest BCUT2D eigenvalue weighted by Crippen LogP contribution is 2.45. The van der Waals surface area contributed by atoms with Gasteiger partial charge in [0.2, 0.25) is 0 Å². The average Bonchev–Trinajstić information content (AvgIpc) is 3.41. The molecule has 0 unspecified atom stereocenters. The molecule has 0 aliphatic heterocycles. The Kier molecular flexibility index (Phi) is 4.47. The molecule has 32 heavy (non-hydrogen) atoms. The molecular formula is C25H20ClN5O. The number of aromatic amines is 1. The van der Waals surface area contributed by atoms with Crippen molar-refractivity contribution < 1.29 is 0 Å². The number of benzene rings is 2. The van der Waals surface area contributed by atoms with Crippen LogP contribution in [0.5, 0.6) is 0 Å². The molecule has 158 valence electrons. The zero-order chi connectivity index (χ0) is 21.7. The molecule has 3 heterocycles. The van der Waals surface area contributed by atoms with E-state index in [9.17, 15) is 4.79 Å². The normalized spacial score (nSPS) is 13.7. The van der Waals surface area contributed by atoms with Gasteiger partial charge in [-0.2, -0.15) is 5.10 Å². The number of fused-ring (bicyclic) bond motifs is 1. The summed E-state index contributed by atoms with van der Waals surface area (Å²) in [4.78, 5) is 20.3. The summed E-state index contributed by atoms with van der Waals surface area (Å²) in [6.45, 7) is 0.465. The second-order valence-electron chi connectivity index (χ2n) is 8.23. The minimum atomic E-state index is -0.149. The monoisotopic (exact) mass is 441 g/mol. The Labute approximate surface area is 189 Å². The lowest BCUT2D eigenvalue weighted by atomic mass is 10.00. The Bertz CT molecular complexity index is 1480. The molecule has 5 aromatic rings. The van der Waals surface area contributed by atoms with Crippen molar-refractivity contribution in [2.24, 2.45) is 0 Å². The molecule has 1 saturated carbocycles. The minimum Gasteiger partial charge on any atom is -0.304 e. The molecule has 1 N–H and O–H groups in total. The van der Waals surface area contributed by atoms with Crippen LogP contribution in [0, 0.1) is 0 Å². The zero-order valence-corrected chi connectivity index (χ0v) is 18.0. The van der Waals surface area contributed by atoms with E-state index >= 15 is 0 Å². The maximum absolute atomic E-state index is 12.7. The number of hydrogen-bond acceptors (Lipinski definition) is 3. The maximum Gasteiger partial charge on any atom is 0.326 e. The van der Waals surface area contributed by atoms with Crippen molar-refractivity contribution in [1.29, 1.82) is 0 Å². The summed E-state index contributed by atoms with van der Waals surface area (Å²) in [6, 6.07) is 17.9. The number of imidazole rings is 1. The second kappa shape index (κ2) is 7.50. The SMILES string of the molecule is O=c1[nH]c2cnc(-c3cc(Cl)ccc3C3CC3)cc2n1Cc1ccc(-n2cccn2)cc1. The van der Waals surface area contributed by atoms with Crippen molar-refractivity contribution in [3.63, 3.8) is 0 Å². The largest absolute Gasteiger partial charge is 0.326 e. The van der Waals surface area contributed by atoms with Gasteiger partial charge in [0.25, 0.3) is 0 Å². The van der Waals surface area contributed by atoms with Crippen molar-refractivity contribution in [2.45, 2.75) is 25.3 Å². The van der Waals surface area contributed by atoms with Crippen LogP contribution < -0.4 is 5.69 Å². The van der Waals surface area contributed by atoms with E-state index in [2.05, 4.69) is 21.1 Å². The number of halogens is 1. The lowest BCUT2D eigenvalue weighted by molar-refractivity contribution is 0.785. The first kappa shape index (κ1) is 19.1. The quantitative estimate of drug-likeness (QED) is 0.409. The maximum atomic E-state index is 12.7. The lowest BCUT2D eigenvalue weighted by Crippen LogP contribution is -2.17. The summed E-state index contributed by atoms with van der Waals surface area (Å²) in [7, 11) is 0. The van der Waals surface area contributed by atoms with E-state index in [0.717, 1.165) is 33.5 Å². The molecule has 6 nitrogen and oxygen atoms in total. The van der Waals surface area contributed by atoms with Gasteiger partial charge in [0, 0.05) is 23.0 Å². The molecule has 0 saturated heterocycles. The van der Waals surface area contributed by atoms with Crippen molar-refractivity contribution in [3.8, 4) is 16.9 Å². The van der Waals surface area contributed by atoms with Gasteiger partial charge in [0.05, 0.1) is 35.2 Å². The van der Waals surface area contributed by atoms with E-state index < -0.39 is 0 Å². The van der Waals surface area contributed by atoms with Gasteiger partial charge >= 0.3 is 5.69 Å². The summed E-state index contributed by atoms with van der Waals surface area (Å²) in [6.07, 6.45) is 7.78. The Hall–Kier alpha value is -3.64. The van der Waals surface area contributed by atoms with Crippen LogP contribution in [-0.2, 0) is 6.54 Å². The van der Waals surface area contributed by atoms with Crippen molar-refractivity contribution >= 4 is 22.6 Å². The fraction of sp³-hybridized carbons (Fsp3) is 0.160. The highest BCUT2D eigenvalue weighted by atomic mass is 35.5. The molecule has 1 fully saturated rings. The fourth-order valence-electron chi connectivity index (χ4n) is 4.22. The molecule has 0 spiro atoms. The van der Waals surface area contributed by atoms with E-state index in [1.165, 1.54) is 18.4 Å². The smallest absolute Gasteiger partial charge is 0.304 e. The van der Waals surface area contributed by atoms with Gasteiger partial charge < -0.3 is 4.98 Å². The highest BCUT2D eigenvalue weighted by Gasteiger charge is 2.27. The van der Waals surface area contributed by atoms with Crippen LogP contribution in [0.1, 0.15) is 29.9 Å². The molecule has 7 heteroatoms. The molecule has 3 aromatic heterocycles. The summed E-state index contributed by atoms with van der Waals surface area (Å²) in [5.74, 6) is 0.571. The van der Waals surface area contributed by atoms with Crippen LogP contribution in [0.3, 0.4) is 0 Å². The number of rotatable bonds is 5. The number of aromatic nitrogens is 5. The third-order valence-corrected chi connectivity index (χ3v) is 6.25. The van der Waals surface area contributed by atoms with Crippen LogP contribution in [0.25, 0.3) is 28.0 Å². The van der Waals surface area contributed by atoms with Crippen molar-refractivity contribution in [2.75, 3.05) is 0 Å². The summed E-state index contributed by atoms with van der Waals surface area (Å²) in [5, 5.41) is 4.95. The first-order valence-electron chi connectivity index (χ1n) is 10.6. The molecule has 1 aliphatic rings. The molecule has 0 atom stereocenters. The fourth-order valence-corrected chi connectivity index (χ4v) is 4.39. The average molecular weight is 442 g/mol. The first-order chi connectivity index (χ1) is 15.7. The third-order valence-electron chi connectivity index (χ3n) is 6.01. The molecule has 2 aromatic carbocycles. The van der Waals surface area contributed by atoms with E-state index in [0.29, 0.717) is 17.5 Å². The summed E-state index contributed by atoms with van der Waals surface area (Å²) < 4.78 is 3.56. The van der Waals surface area contributed by atoms with Gasteiger partial charge in [-0.1, -0.05) is 29.8 Å². The van der Waals surface area contributed by atoms with E-state index in [1.807, 2.05) is 59.4 Å².